The number of phenolic OH excluding ortho intramolecular Hbond substituents is 1. The van der Waals surface area contributed by atoms with Crippen molar-refractivity contribution in [3.8, 4) is 5.75 Å². The molecule has 0 aliphatic carbocycles. The summed E-state index contributed by atoms with van der Waals surface area (Å²) in [6, 6.07) is 3.88. The first-order chi connectivity index (χ1) is 8.65. The molecule has 18 heavy (non-hydrogen) atoms. The topological polar surface area (TPSA) is 20.2 Å². The lowest BCUT2D eigenvalue weighted by molar-refractivity contribution is 0.449. The molecule has 0 heterocycles. The van der Waals surface area contributed by atoms with Gasteiger partial charge in [-0.3, -0.25) is 0 Å². The van der Waals surface area contributed by atoms with Crippen molar-refractivity contribution >= 4 is 25.3 Å². The van der Waals surface area contributed by atoms with Crippen molar-refractivity contribution in [2.24, 2.45) is 0 Å². The van der Waals surface area contributed by atoms with E-state index in [0.717, 1.165) is 6.42 Å². The fraction of sp³-hybridized carbons (Fsp3) is 0.600. The molecule has 0 bridgehead atoms. The van der Waals surface area contributed by atoms with E-state index in [9.17, 15) is 5.11 Å². The van der Waals surface area contributed by atoms with Crippen LogP contribution < -0.4 is 0 Å². The van der Waals surface area contributed by atoms with Gasteiger partial charge in [0.1, 0.15) is 5.75 Å². The van der Waals surface area contributed by atoms with Crippen molar-refractivity contribution in [1.29, 1.82) is 0 Å². The van der Waals surface area contributed by atoms with Crippen LogP contribution >= 0.6 is 25.3 Å². The van der Waals surface area contributed by atoms with Crippen molar-refractivity contribution in [1.82, 2.24) is 0 Å². The van der Waals surface area contributed by atoms with Gasteiger partial charge in [-0.15, -0.1) is 25.3 Å². The molecule has 3 heteroatoms. The number of hydrogen-bond acceptors (Lipinski definition) is 3. The summed E-state index contributed by atoms with van der Waals surface area (Å²) >= 11 is 8.48. The first kappa shape index (κ1) is 15.8. The highest BCUT2D eigenvalue weighted by Gasteiger charge is 2.04. The lowest BCUT2D eigenvalue weighted by Crippen LogP contribution is -1.88. The van der Waals surface area contributed by atoms with E-state index in [1.807, 2.05) is 12.1 Å². The van der Waals surface area contributed by atoms with Gasteiger partial charge in [0.25, 0.3) is 0 Å². The van der Waals surface area contributed by atoms with Gasteiger partial charge in [0.05, 0.1) is 0 Å². The quantitative estimate of drug-likeness (QED) is 0.439. The molecule has 0 spiro atoms. The molecule has 0 atom stereocenters. The smallest absolute Gasteiger partial charge is 0.142 e. The van der Waals surface area contributed by atoms with E-state index < -0.39 is 0 Å². The number of unbranched alkanes of at least 4 members (excludes halogenated alkanes) is 6. The maximum Gasteiger partial charge on any atom is 0.142 e. The molecule has 0 unspecified atom stereocenters. The second-order valence-corrected chi connectivity index (χ2v) is 5.82. The van der Waals surface area contributed by atoms with Crippen molar-refractivity contribution in [3.63, 3.8) is 0 Å². The van der Waals surface area contributed by atoms with Crippen LogP contribution in [0.2, 0.25) is 0 Å². The summed E-state index contributed by atoms with van der Waals surface area (Å²) in [5.41, 5.74) is 1.22. The van der Waals surface area contributed by atoms with E-state index in [4.69, 9.17) is 0 Å². The Labute approximate surface area is 122 Å². The minimum Gasteiger partial charge on any atom is -0.506 e. The lowest BCUT2D eigenvalue weighted by atomic mass is 10.0. The molecule has 0 aromatic heterocycles. The fourth-order valence-electron chi connectivity index (χ4n) is 2.09. The van der Waals surface area contributed by atoms with Crippen LogP contribution in [0.5, 0.6) is 5.75 Å². The maximum absolute atomic E-state index is 9.57. The molecule has 0 aliphatic heterocycles. The Balaban J connectivity index is 2.23. The van der Waals surface area contributed by atoms with Gasteiger partial charge >= 0.3 is 0 Å². The molecule has 1 nitrogen and oxygen atoms in total. The van der Waals surface area contributed by atoms with Crippen LogP contribution in [0.4, 0.5) is 0 Å². The third kappa shape index (κ3) is 5.57. The van der Waals surface area contributed by atoms with Gasteiger partial charge in [-0.05, 0) is 30.5 Å². The SMILES string of the molecule is CCCCCCCCCc1cc(S)c(O)c(S)c1. The Morgan fingerprint density at radius 2 is 1.39 bits per heavy atom. The van der Waals surface area contributed by atoms with E-state index in [1.54, 1.807) is 0 Å². The Bertz CT molecular complexity index is 341. The molecular formula is C15H24OS2. The van der Waals surface area contributed by atoms with Crippen molar-refractivity contribution in [3.05, 3.63) is 17.7 Å². The molecule has 1 rings (SSSR count). The van der Waals surface area contributed by atoms with Crippen molar-refractivity contribution < 1.29 is 5.11 Å². The summed E-state index contributed by atoms with van der Waals surface area (Å²) in [6.45, 7) is 2.24. The molecule has 0 fully saturated rings. The average molecular weight is 284 g/mol. The maximum atomic E-state index is 9.57. The largest absolute Gasteiger partial charge is 0.506 e. The molecule has 0 radical (unpaired) electrons. The summed E-state index contributed by atoms with van der Waals surface area (Å²) in [5.74, 6) is 0.185. The van der Waals surface area contributed by atoms with Crippen LogP contribution in [0.3, 0.4) is 0 Å². The molecule has 0 aliphatic rings. The summed E-state index contributed by atoms with van der Waals surface area (Å²) in [5, 5.41) is 9.57. The van der Waals surface area contributed by atoms with Crippen LogP contribution in [0.25, 0.3) is 0 Å². The van der Waals surface area contributed by atoms with E-state index in [0.29, 0.717) is 9.79 Å². The van der Waals surface area contributed by atoms with Crippen LogP contribution in [-0.4, -0.2) is 5.11 Å². The Kier molecular flexibility index (Phi) is 7.68. The highest BCUT2D eigenvalue weighted by molar-refractivity contribution is 7.81. The van der Waals surface area contributed by atoms with Crippen molar-refractivity contribution in [2.45, 2.75) is 68.1 Å². The lowest BCUT2D eigenvalue weighted by Gasteiger charge is -2.07. The van der Waals surface area contributed by atoms with E-state index in [1.165, 1.54) is 50.5 Å². The predicted molar refractivity (Wildman–Crippen MR) is 84.3 cm³/mol. The summed E-state index contributed by atoms with van der Waals surface area (Å²) < 4.78 is 0. The number of phenols is 1. The molecule has 1 N–H and O–H groups in total. The monoisotopic (exact) mass is 284 g/mol. The van der Waals surface area contributed by atoms with E-state index in [-0.39, 0.29) is 5.75 Å². The molecule has 1 aromatic carbocycles. The zero-order chi connectivity index (χ0) is 13.4. The van der Waals surface area contributed by atoms with Crippen molar-refractivity contribution in [2.75, 3.05) is 0 Å². The number of aryl methyl sites for hydroxylation is 1. The Morgan fingerprint density at radius 3 is 1.94 bits per heavy atom. The first-order valence-electron chi connectivity index (χ1n) is 6.89. The summed E-state index contributed by atoms with van der Waals surface area (Å²) in [4.78, 5) is 1.25. The standard InChI is InChI=1S/C15H24OS2/c1-2-3-4-5-6-7-8-9-12-10-13(17)15(16)14(18)11-12/h10-11,16-18H,2-9H2,1H3. The number of aromatic hydroxyl groups is 1. The molecule has 0 amide bonds. The van der Waals surface area contributed by atoms with E-state index in [2.05, 4.69) is 32.2 Å². The van der Waals surface area contributed by atoms with Crippen LogP contribution in [-0.2, 0) is 6.42 Å². The molecular weight excluding hydrogens is 260 g/mol. The van der Waals surface area contributed by atoms with Gasteiger partial charge < -0.3 is 5.11 Å². The minimum absolute atomic E-state index is 0.185. The number of hydrogen-bond donors (Lipinski definition) is 3. The highest BCUT2D eigenvalue weighted by atomic mass is 32.1. The number of thiol groups is 2. The van der Waals surface area contributed by atoms with Gasteiger partial charge in [-0.2, -0.15) is 0 Å². The third-order valence-corrected chi connectivity index (χ3v) is 3.88. The zero-order valence-electron chi connectivity index (χ0n) is 11.2. The number of benzene rings is 1. The fourth-order valence-corrected chi connectivity index (χ4v) is 2.75. The summed E-state index contributed by atoms with van der Waals surface area (Å²) in [7, 11) is 0. The Hall–Kier alpha value is -0.280. The normalized spacial score (nSPS) is 10.8. The predicted octanol–water partition coefficient (Wildman–Crippen LogP) is 5.26. The second kappa shape index (κ2) is 8.76. The molecule has 1 aromatic rings. The molecule has 0 saturated heterocycles. The summed E-state index contributed by atoms with van der Waals surface area (Å²) in [6.07, 6.45) is 10.3. The van der Waals surface area contributed by atoms with Gasteiger partial charge in [0, 0.05) is 9.79 Å². The Morgan fingerprint density at radius 1 is 0.889 bits per heavy atom. The van der Waals surface area contributed by atoms with Gasteiger partial charge in [-0.25, -0.2) is 0 Å². The van der Waals surface area contributed by atoms with Gasteiger partial charge in [0.15, 0.2) is 0 Å². The highest BCUT2D eigenvalue weighted by Crippen LogP contribution is 2.30. The van der Waals surface area contributed by atoms with Crippen LogP contribution in [0.15, 0.2) is 21.9 Å². The first-order valence-corrected chi connectivity index (χ1v) is 7.78. The molecule has 0 saturated carbocycles. The number of rotatable bonds is 8. The van der Waals surface area contributed by atoms with Crippen LogP contribution in [0, 0.1) is 0 Å². The third-order valence-electron chi connectivity index (χ3n) is 3.20. The second-order valence-electron chi connectivity index (χ2n) is 4.85. The van der Waals surface area contributed by atoms with E-state index >= 15 is 0 Å². The zero-order valence-corrected chi connectivity index (χ0v) is 12.9. The average Bonchev–Trinajstić information content (AvgIpc) is 2.34. The van der Waals surface area contributed by atoms with Crippen LogP contribution in [0.1, 0.15) is 57.4 Å². The van der Waals surface area contributed by atoms with Gasteiger partial charge in [0.2, 0.25) is 0 Å². The molecule has 102 valence electrons. The van der Waals surface area contributed by atoms with Gasteiger partial charge in [-0.1, -0.05) is 45.4 Å². The minimum atomic E-state index is 0.185.